The number of nitrogens with zero attached hydrogens (tertiary/aromatic N) is 5. The molecule has 0 bridgehead atoms. The van der Waals surface area contributed by atoms with Gasteiger partial charge in [0.2, 0.25) is 5.91 Å². The Hall–Kier alpha value is -4.01. The van der Waals surface area contributed by atoms with Crippen LogP contribution in [0.15, 0.2) is 42.5 Å². The summed E-state index contributed by atoms with van der Waals surface area (Å²) in [5.41, 5.74) is 4.93. The summed E-state index contributed by atoms with van der Waals surface area (Å²) in [7, 11) is 3.74. The predicted molar refractivity (Wildman–Crippen MR) is 146 cm³/mol. The van der Waals surface area contributed by atoms with E-state index in [2.05, 4.69) is 10.00 Å². The maximum atomic E-state index is 13.7. The number of hydrogen-bond acceptors (Lipinski definition) is 5. The number of imide groups is 1. The Morgan fingerprint density at radius 3 is 2.59 bits per heavy atom. The highest BCUT2D eigenvalue weighted by molar-refractivity contribution is 6.23. The number of hydrogen-bond donors (Lipinski definition) is 0. The summed E-state index contributed by atoms with van der Waals surface area (Å²) in [6, 6.07) is 11.1. The Morgan fingerprint density at radius 1 is 1.15 bits per heavy atom. The Morgan fingerprint density at radius 2 is 1.90 bits per heavy atom. The third-order valence-corrected chi connectivity index (χ3v) is 8.23. The number of carbonyl (C=O) groups excluding carboxylic acids is 3. The fraction of sp³-hybridized carbons (Fsp3) is 0.400. The predicted octanol–water partition coefficient (Wildman–Crippen LogP) is 4.41. The van der Waals surface area contributed by atoms with Crippen molar-refractivity contribution in [2.75, 3.05) is 25.0 Å². The average molecular weight is 532 g/mol. The van der Waals surface area contributed by atoms with E-state index >= 15 is 0 Å². The van der Waals surface area contributed by atoms with E-state index in [1.54, 1.807) is 29.2 Å². The molecule has 0 unspecified atom stereocenters. The number of aromatic nitrogens is 2. The van der Waals surface area contributed by atoms with Crippen molar-refractivity contribution in [1.82, 2.24) is 19.6 Å². The first kappa shape index (κ1) is 26.6. The van der Waals surface area contributed by atoms with Gasteiger partial charge >= 0.3 is 0 Å². The number of benzene rings is 2. The first-order valence-electron chi connectivity index (χ1n) is 13.3. The number of amides is 3. The molecule has 3 amide bonds. The average Bonchev–Trinajstić information content (AvgIpc) is 3.33. The summed E-state index contributed by atoms with van der Waals surface area (Å²) in [5.74, 6) is -1.38. The number of halogens is 1. The molecule has 0 saturated carbocycles. The summed E-state index contributed by atoms with van der Waals surface area (Å²) in [6.07, 6.45) is 1.55. The van der Waals surface area contributed by atoms with Crippen molar-refractivity contribution in [1.29, 1.82) is 0 Å². The number of piperidine rings is 1. The van der Waals surface area contributed by atoms with Gasteiger partial charge in [0.05, 0.1) is 41.0 Å². The number of carbonyl (C=O) groups is 3. The van der Waals surface area contributed by atoms with Crippen molar-refractivity contribution in [3.8, 4) is 0 Å². The van der Waals surface area contributed by atoms with Gasteiger partial charge in [-0.05, 0) is 63.4 Å². The van der Waals surface area contributed by atoms with Crippen molar-refractivity contribution >= 4 is 23.4 Å². The van der Waals surface area contributed by atoms with Gasteiger partial charge in [0.25, 0.3) is 11.8 Å². The second-order valence-electron chi connectivity index (χ2n) is 10.6. The third-order valence-electron chi connectivity index (χ3n) is 8.23. The molecule has 3 heterocycles. The van der Waals surface area contributed by atoms with Crippen LogP contribution in [0.25, 0.3) is 0 Å². The lowest BCUT2D eigenvalue weighted by molar-refractivity contribution is -0.136. The van der Waals surface area contributed by atoms with Crippen LogP contribution in [0.4, 0.5) is 10.1 Å². The molecule has 2 aliphatic rings. The Bertz CT molecular complexity index is 1460. The molecule has 0 N–H and O–H groups in total. The highest BCUT2D eigenvalue weighted by Gasteiger charge is 2.40. The van der Waals surface area contributed by atoms with Crippen LogP contribution in [0.1, 0.15) is 69.0 Å². The van der Waals surface area contributed by atoms with Crippen molar-refractivity contribution in [3.63, 3.8) is 0 Å². The molecule has 2 aromatic carbocycles. The van der Waals surface area contributed by atoms with Crippen molar-refractivity contribution in [3.05, 3.63) is 81.9 Å². The second-order valence-corrected chi connectivity index (χ2v) is 10.6. The zero-order chi connectivity index (χ0) is 28.0. The summed E-state index contributed by atoms with van der Waals surface area (Å²) in [5, 5.41) is 4.51. The van der Waals surface area contributed by atoms with Gasteiger partial charge in [0.1, 0.15) is 5.82 Å². The Kier molecular flexibility index (Phi) is 7.01. The minimum absolute atomic E-state index is 0.000513. The van der Waals surface area contributed by atoms with Gasteiger partial charge in [-0.25, -0.2) is 4.39 Å². The van der Waals surface area contributed by atoms with Gasteiger partial charge in [0, 0.05) is 38.4 Å². The van der Waals surface area contributed by atoms with Gasteiger partial charge in [-0.15, -0.1) is 0 Å². The van der Waals surface area contributed by atoms with E-state index in [9.17, 15) is 18.8 Å². The van der Waals surface area contributed by atoms with Crippen molar-refractivity contribution in [2.45, 2.75) is 46.2 Å². The van der Waals surface area contributed by atoms with Gasteiger partial charge in [-0.1, -0.05) is 18.2 Å². The zero-order valence-electron chi connectivity index (χ0n) is 23.1. The zero-order valence-corrected chi connectivity index (χ0v) is 23.1. The fourth-order valence-electron chi connectivity index (χ4n) is 6.01. The molecule has 9 heteroatoms. The first-order valence-corrected chi connectivity index (χ1v) is 13.3. The molecule has 0 radical (unpaired) electrons. The normalized spacial score (nSPS) is 17.9. The molecule has 2 atom stereocenters. The van der Waals surface area contributed by atoms with Crippen LogP contribution in [0.2, 0.25) is 0 Å². The van der Waals surface area contributed by atoms with E-state index in [4.69, 9.17) is 0 Å². The first-order chi connectivity index (χ1) is 18.6. The van der Waals surface area contributed by atoms with Crippen LogP contribution in [0, 0.1) is 25.6 Å². The molecule has 1 aromatic heterocycles. The minimum atomic E-state index is -0.415. The molecular formula is C30H34FN5O3. The van der Waals surface area contributed by atoms with Crippen LogP contribution in [0.5, 0.6) is 0 Å². The second kappa shape index (κ2) is 10.3. The van der Waals surface area contributed by atoms with Gasteiger partial charge in [-0.3, -0.25) is 24.0 Å². The van der Waals surface area contributed by atoms with Crippen LogP contribution >= 0.6 is 0 Å². The monoisotopic (exact) mass is 531 g/mol. The Labute approximate surface area is 228 Å². The number of aryl methyl sites for hydroxylation is 2. The van der Waals surface area contributed by atoms with E-state index in [0.29, 0.717) is 35.5 Å². The lowest BCUT2D eigenvalue weighted by Crippen LogP contribution is -2.45. The highest BCUT2D eigenvalue weighted by atomic mass is 19.1. The van der Waals surface area contributed by atoms with Crippen molar-refractivity contribution in [2.24, 2.45) is 13.0 Å². The number of fused-ring (bicyclic) bond motifs is 1. The number of rotatable bonds is 6. The summed E-state index contributed by atoms with van der Waals surface area (Å²) >= 11 is 0. The topological polar surface area (TPSA) is 78.8 Å². The molecular weight excluding hydrogens is 497 g/mol. The highest BCUT2D eigenvalue weighted by Crippen LogP contribution is 2.36. The van der Waals surface area contributed by atoms with E-state index < -0.39 is 11.7 Å². The Balaban J connectivity index is 1.36. The van der Waals surface area contributed by atoms with Gasteiger partial charge in [0.15, 0.2) is 0 Å². The number of anilines is 1. The quantitative estimate of drug-likeness (QED) is 0.441. The third kappa shape index (κ3) is 4.70. The van der Waals surface area contributed by atoms with E-state index in [-0.39, 0.29) is 30.3 Å². The van der Waals surface area contributed by atoms with E-state index in [1.165, 1.54) is 17.0 Å². The molecule has 0 spiro atoms. The van der Waals surface area contributed by atoms with Crippen LogP contribution in [-0.4, -0.2) is 57.4 Å². The van der Waals surface area contributed by atoms with E-state index in [1.807, 2.05) is 45.6 Å². The molecule has 2 aliphatic heterocycles. The van der Waals surface area contributed by atoms with Gasteiger partial charge < -0.3 is 9.80 Å². The van der Waals surface area contributed by atoms with Crippen LogP contribution < -0.4 is 4.90 Å². The molecule has 0 aliphatic carbocycles. The van der Waals surface area contributed by atoms with E-state index in [0.717, 1.165) is 29.8 Å². The van der Waals surface area contributed by atoms with Crippen LogP contribution in [0.3, 0.4) is 0 Å². The minimum Gasteiger partial charge on any atom is -0.370 e. The lowest BCUT2D eigenvalue weighted by atomic mass is 9.94. The molecule has 8 nitrogen and oxygen atoms in total. The maximum absolute atomic E-state index is 13.7. The summed E-state index contributed by atoms with van der Waals surface area (Å²) in [4.78, 5) is 45.4. The maximum Gasteiger partial charge on any atom is 0.263 e. The molecule has 1 fully saturated rings. The summed E-state index contributed by atoms with van der Waals surface area (Å²) < 4.78 is 15.6. The fourth-order valence-corrected chi connectivity index (χ4v) is 6.01. The van der Waals surface area contributed by atoms with Crippen molar-refractivity contribution < 1.29 is 18.8 Å². The largest absolute Gasteiger partial charge is 0.370 e. The smallest absolute Gasteiger partial charge is 0.263 e. The lowest BCUT2D eigenvalue weighted by Gasteiger charge is -2.37. The van der Waals surface area contributed by atoms with Gasteiger partial charge in [-0.2, -0.15) is 5.10 Å². The molecule has 39 heavy (non-hydrogen) atoms. The molecule has 1 saturated heterocycles. The molecule has 204 valence electrons. The standard InChI is InChI=1S/C30H34FN5O3/c1-18-26(20(3)34(5)32-18)19(2)33(4)28(37)22-10-8-14-35(17-22)25-13-7-12-24-27(25)30(39)36(29(24)38)16-21-9-6-11-23(31)15-21/h6-7,9,11-13,15,19,22H,8,10,14,16-17H2,1-5H3/t19-,22-/m0/s1. The van der Waals surface area contributed by atoms with Crippen LogP contribution in [-0.2, 0) is 18.4 Å². The molecule has 5 rings (SSSR count). The molecule has 3 aromatic rings. The summed E-state index contributed by atoms with van der Waals surface area (Å²) in [6.45, 7) is 7.15. The SMILES string of the molecule is Cc1nn(C)c(C)c1[C@H](C)N(C)C(=O)[C@H]1CCCN(c2cccc3c2C(=O)N(Cc2cccc(F)c2)C3=O)C1.